The fourth-order valence-electron chi connectivity index (χ4n) is 4.58. The second-order valence-corrected chi connectivity index (χ2v) is 8.65. The lowest BCUT2D eigenvalue weighted by molar-refractivity contribution is 0.0543. The SMILES string of the molecule is COC(=O)c1nn(C)c2c3ncc(Br)cc3n(C(c3coc(C)n3)C3CCOCC3)c12. The van der Waals surface area contributed by atoms with E-state index in [4.69, 9.17) is 13.9 Å². The Morgan fingerprint density at radius 2 is 2.10 bits per heavy atom. The first-order valence-electron chi connectivity index (χ1n) is 10.1. The maximum absolute atomic E-state index is 12.7. The maximum Gasteiger partial charge on any atom is 0.360 e. The molecule has 0 amide bonds. The third-order valence-corrected chi connectivity index (χ3v) is 6.32. The molecule has 0 saturated carbocycles. The number of halogens is 1. The van der Waals surface area contributed by atoms with Crippen LogP contribution in [0.1, 0.15) is 41.0 Å². The summed E-state index contributed by atoms with van der Waals surface area (Å²) in [6.45, 7) is 3.19. The van der Waals surface area contributed by atoms with Gasteiger partial charge in [-0.25, -0.2) is 9.78 Å². The Hall–Kier alpha value is -2.72. The van der Waals surface area contributed by atoms with Crippen molar-refractivity contribution in [3.63, 3.8) is 0 Å². The van der Waals surface area contributed by atoms with Crippen LogP contribution < -0.4 is 0 Å². The summed E-state index contributed by atoms with van der Waals surface area (Å²) in [5.74, 6) is 0.343. The molecule has 0 spiro atoms. The van der Waals surface area contributed by atoms with Crippen LogP contribution in [-0.4, -0.2) is 50.6 Å². The molecule has 10 heteroatoms. The molecule has 0 radical (unpaired) electrons. The molecule has 0 aliphatic carbocycles. The molecule has 9 nitrogen and oxygen atoms in total. The Bertz CT molecular complexity index is 1280. The van der Waals surface area contributed by atoms with Crippen molar-refractivity contribution < 1.29 is 18.7 Å². The molecule has 0 N–H and O–H groups in total. The molecule has 1 atom stereocenters. The summed E-state index contributed by atoms with van der Waals surface area (Å²) in [5, 5.41) is 4.48. The van der Waals surface area contributed by atoms with Crippen LogP contribution in [0.25, 0.3) is 22.1 Å². The fourth-order valence-corrected chi connectivity index (χ4v) is 4.90. The molecular formula is C21H22BrN5O4. The Kier molecular flexibility index (Phi) is 5.05. The largest absolute Gasteiger partial charge is 0.464 e. The number of methoxy groups -OCH3 is 1. The van der Waals surface area contributed by atoms with E-state index in [-0.39, 0.29) is 17.7 Å². The zero-order valence-electron chi connectivity index (χ0n) is 17.5. The van der Waals surface area contributed by atoms with E-state index in [0.717, 1.165) is 39.6 Å². The molecule has 0 aromatic carbocycles. The van der Waals surface area contributed by atoms with Gasteiger partial charge in [-0.15, -0.1) is 0 Å². The van der Waals surface area contributed by atoms with Gasteiger partial charge in [0.1, 0.15) is 28.5 Å². The van der Waals surface area contributed by atoms with Gasteiger partial charge < -0.3 is 18.5 Å². The molecule has 4 aromatic rings. The van der Waals surface area contributed by atoms with Crippen LogP contribution in [-0.2, 0) is 16.5 Å². The van der Waals surface area contributed by atoms with Gasteiger partial charge >= 0.3 is 5.97 Å². The Morgan fingerprint density at radius 3 is 2.77 bits per heavy atom. The first kappa shape index (κ1) is 20.2. The number of fused-ring (bicyclic) bond motifs is 3. The molecule has 31 heavy (non-hydrogen) atoms. The molecule has 1 saturated heterocycles. The van der Waals surface area contributed by atoms with E-state index in [2.05, 4.69) is 35.6 Å². The minimum Gasteiger partial charge on any atom is -0.464 e. The summed E-state index contributed by atoms with van der Waals surface area (Å²) in [4.78, 5) is 22.0. The summed E-state index contributed by atoms with van der Waals surface area (Å²) in [7, 11) is 3.17. The van der Waals surface area contributed by atoms with Crippen molar-refractivity contribution in [3.05, 3.63) is 40.3 Å². The van der Waals surface area contributed by atoms with E-state index in [1.807, 2.05) is 20.0 Å². The third-order valence-electron chi connectivity index (χ3n) is 5.89. The first-order chi connectivity index (χ1) is 15.0. The molecule has 1 aliphatic rings. The molecule has 5 rings (SSSR count). The molecule has 0 bridgehead atoms. The monoisotopic (exact) mass is 487 g/mol. The minimum absolute atomic E-state index is 0.176. The third kappa shape index (κ3) is 3.25. The summed E-state index contributed by atoms with van der Waals surface area (Å²) in [5.41, 5.74) is 4.18. The smallest absolute Gasteiger partial charge is 0.360 e. The summed E-state index contributed by atoms with van der Waals surface area (Å²) in [6, 6.07) is 1.84. The number of ether oxygens (including phenoxy) is 2. The van der Waals surface area contributed by atoms with E-state index in [0.29, 0.717) is 24.6 Å². The van der Waals surface area contributed by atoms with Gasteiger partial charge in [0.15, 0.2) is 11.6 Å². The number of carbonyl (C=O) groups excluding carboxylic acids is 1. The molecule has 5 heterocycles. The van der Waals surface area contributed by atoms with E-state index >= 15 is 0 Å². The van der Waals surface area contributed by atoms with Crippen LogP contribution >= 0.6 is 15.9 Å². The Morgan fingerprint density at radius 1 is 1.32 bits per heavy atom. The van der Waals surface area contributed by atoms with Gasteiger partial charge in [0.25, 0.3) is 0 Å². The van der Waals surface area contributed by atoms with Crippen molar-refractivity contribution >= 4 is 44.0 Å². The Labute approximate surface area is 186 Å². The standard InChI is InChI=1S/C21H22BrN5O4/c1-11-24-14(10-31-11)18(12-4-6-30-7-5-12)27-15-8-13(22)9-23-16(15)19-20(27)17(21(28)29-3)25-26(19)2/h8-10,12,18H,4-7H2,1-3H3. The van der Waals surface area contributed by atoms with Crippen molar-refractivity contribution in [3.8, 4) is 0 Å². The molecular weight excluding hydrogens is 466 g/mol. The number of hydrogen-bond acceptors (Lipinski definition) is 7. The van der Waals surface area contributed by atoms with Gasteiger partial charge in [-0.05, 0) is 40.8 Å². The molecule has 162 valence electrons. The number of nitrogens with zero attached hydrogens (tertiary/aromatic N) is 5. The predicted molar refractivity (Wildman–Crippen MR) is 116 cm³/mol. The maximum atomic E-state index is 12.7. The molecule has 1 aliphatic heterocycles. The van der Waals surface area contributed by atoms with E-state index in [1.165, 1.54) is 7.11 Å². The van der Waals surface area contributed by atoms with Crippen LogP contribution in [0, 0.1) is 12.8 Å². The highest BCUT2D eigenvalue weighted by atomic mass is 79.9. The number of aryl methyl sites for hydroxylation is 2. The fraction of sp³-hybridized carbons (Fsp3) is 0.429. The quantitative estimate of drug-likeness (QED) is 0.404. The lowest BCUT2D eigenvalue weighted by Gasteiger charge is -2.31. The number of carbonyl (C=O) groups is 1. The van der Waals surface area contributed by atoms with Gasteiger partial charge in [0.2, 0.25) is 0 Å². The molecule has 4 aromatic heterocycles. The number of esters is 1. The average molecular weight is 488 g/mol. The minimum atomic E-state index is -0.490. The Balaban J connectivity index is 1.88. The van der Waals surface area contributed by atoms with Crippen LogP contribution in [0.15, 0.2) is 27.4 Å². The molecule has 1 unspecified atom stereocenters. The van der Waals surface area contributed by atoms with Crippen LogP contribution in [0.5, 0.6) is 0 Å². The van der Waals surface area contributed by atoms with Crippen molar-refractivity contribution in [2.75, 3.05) is 20.3 Å². The first-order valence-corrected chi connectivity index (χ1v) is 10.9. The topological polar surface area (TPSA) is 97.2 Å². The van der Waals surface area contributed by atoms with Crippen LogP contribution in [0.3, 0.4) is 0 Å². The second-order valence-electron chi connectivity index (χ2n) is 7.74. The summed E-state index contributed by atoms with van der Waals surface area (Å²) >= 11 is 3.55. The van der Waals surface area contributed by atoms with Gasteiger partial charge in [-0.2, -0.15) is 5.10 Å². The highest BCUT2D eigenvalue weighted by Crippen LogP contribution is 2.41. The predicted octanol–water partition coefficient (Wildman–Crippen LogP) is 3.78. The average Bonchev–Trinajstić information content (AvgIpc) is 3.44. The lowest BCUT2D eigenvalue weighted by Crippen LogP contribution is -2.27. The summed E-state index contributed by atoms with van der Waals surface area (Å²) < 4.78 is 20.9. The number of hydrogen-bond donors (Lipinski definition) is 0. The van der Waals surface area contributed by atoms with Crippen molar-refractivity contribution in [2.45, 2.75) is 25.8 Å². The number of oxazole rings is 1. The van der Waals surface area contributed by atoms with Gasteiger partial charge in [-0.3, -0.25) is 9.67 Å². The highest BCUT2D eigenvalue weighted by molar-refractivity contribution is 9.10. The van der Waals surface area contributed by atoms with Crippen molar-refractivity contribution in [2.24, 2.45) is 13.0 Å². The normalized spacial score (nSPS) is 16.3. The van der Waals surface area contributed by atoms with E-state index in [1.54, 1.807) is 17.1 Å². The van der Waals surface area contributed by atoms with Crippen LogP contribution in [0.2, 0.25) is 0 Å². The van der Waals surface area contributed by atoms with Crippen LogP contribution in [0.4, 0.5) is 0 Å². The molecule has 1 fully saturated rings. The van der Waals surface area contributed by atoms with E-state index in [9.17, 15) is 4.79 Å². The zero-order valence-corrected chi connectivity index (χ0v) is 19.0. The second kappa shape index (κ2) is 7.76. The van der Waals surface area contributed by atoms with E-state index < -0.39 is 5.97 Å². The number of rotatable bonds is 4. The number of aromatic nitrogens is 5. The number of pyridine rings is 1. The van der Waals surface area contributed by atoms with Gasteiger partial charge in [-0.1, -0.05) is 0 Å². The van der Waals surface area contributed by atoms with Gasteiger partial charge in [0.05, 0.1) is 18.7 Å². The van der Waals surface area contributed by atoms with Crippen molar-refractivity contribution in [1.29, 1.82) is 0 Å². The van der Waals surface area contributed by atoms with Crippen molar-refractivity contribution in [1.82, 2.24) is 24.3 Å². The zero-order chi connectivity index (χ0) is 21.7. The summed E-state index contributed by atoms with van der Waals surface area (Å²) in [6.07, 6.45) is 5.19. The lowest BCUT2D eigenvalue weighted by atomic mass is 9.89. The highest BCUT2D eigenvalue weighted by Gasteiger charge is 2.35. The van der Waals surface area contributed by atoms with Gasteiger partial charge in [0, 0.05) is 37.9 Å².